The standard InChI is InChI=1S/C15H27N3O2/c1-4-10-18-13(11-16-17-18)14(19)15(20-5-2)8-6-12(3)7-9-15/h11-12,14,19H,4-10H2,1-3H3. The Kier molecular flexibility index (Phi) is 5.16. The van der Waals surface area contributed by atoms with Gasteiger partial charge in [0.05, 0.1) is 17.5 Å². The summed E-state index contributed by atoms with van der Waals surface area (Å²) in [7, 11) is 0. The molecule has 1 unspecified atom stereocenters. The van der Waals surface area contributed by atoms with E-state index in [1.54, 1.807) is 6.20 Å². The highest BCUT2D eigenvalue weighted by Crippen LogP contribution is 2.43. The second kappa shape index (κ2) is 6.68. The predicted octanol–water partition coefficient (Wildman–Crippen LogP) is 2.71. The lowest BCUT2D eigenvalue weighted by Gasteiger charge is -2.42. The summed E-state index contributed by atoms with van der Waals surface area (Å²) in [5, 5.41) is 18.9. The van der Waals surface area contributed by atoms with Crippen molar-refractivity contribution < 1.29 is 9.84 Å². The third kappa shape index (κ3) is 3.04. The molecule has 114 valence electrons. The number of hydrogen-bond donors (Lipinski definition) is 1. The maximum absolute atomic E-state index is 10.9. The van der Waals surface area contributed by atoms with Gasteiger partial charge in [-0.25, -0.2) is 4.68 Å². The van der Waals surface area contributed by atoms with Gasteiger partial charge >= 0.3 is 0 Å². The maximum atomic E-state index is 10.9. The van der Waals surface area contributed by atoms with Crippen LogP contribution in [0.4, 0.5) is 0 Å². The number of ether oxygens (including phenoxy) is 1. The molecule has 0 amide bonds. The summed E-state index contributed by atoms with van der Waals surface area (Å²) in [6, 6.07) is 0. The molecule has 1 N–H and O–H groups in total. The van der Waals surface area contributed by atoms with E-state index in [9.17, 15) is 5.11 Å². The Labute approximate surface area is 121 Å². The van der Waals surface area contributed by atoms with Crippen LogP contribution in [-0.4, -0.2) is 32.3 Å². The molecular weight excluding hydrogens is 254 g/mol. The number of aliphatic hydroxyl groups is 1. The van der Waals surface area contributed by atoms with Crippen LogP contribution < -0.4 is 0 Å². The topological polar surface area (TPSA) is 60.2 Å². The number of nitrogens with zero attached hydrogens (tertiary/aromatic N) is 3. The van der Waals surface area contributed by atoms with Gasteiger partial charge < -0.3 is 9.84 Å². The van der Waals surface area contributed by atoms with Crippen molar-refractivity contribution in [1.29, 1.82) is 0 Å². The van der Waals surface area contributed by atoms with Crippen molar-refractivity contribution in [2.45, 2.75) is 71.1 Å². The van der Waals surface area contributed by atoms with E-state index in [4.69, 9.17) is 4.74 Å². The summed E-state index contributed by atoms with van der Waals surface area (Å²) in [6.07, 6.45) is 6.03. The van der Waals surface area contributed by atoms with E-state index in [2.05, 4.69) is 24.2 Å². The average molecular weight is 281 g/mol. The highest BCUT2D eigenvalue weighted by molar-refractivity contribution is 5.08. The SMILES string of the molecule is CCCn1nncc1C(O)C1(OCC)CCC(C)CC1. The summed E-state index contributed by atoms with van der Waals surface area (Å²) in [5.41, 5.74) is 0.323. The zero-order chi connectivity index (χ0) is 14.6. The van der Waals surface area contributed by atoms with Crippen LogP contribution in [0.5, 0.6) is 0 Å². The lowest BCUT2D eigenvalue weighted by molar-refractivity contribution is -0.148. The van der Waals surface area contributed by atoms with Crippen molar-refractivity contribution in [3.05, 3.63) is 11.9 Å². The summed E-state index contributed by atoms with van der Waals surface area (Å²) < 4.78 is 7.83. The van der Waals surface area contributed by atoms with Gasteiger partial charge in [-0.2, -0.15) is 0 Å². The fourth-order valence-electron chi connectivity index (χ4n) is 3.17. The molecule has 0 spiro atoms. The van der Waals surface area contributed by atoms with Crippen molar-refractivity contribution in [3.8, 4) is 0 Å². The molecule has 0 radical (unpaired) electrons. The zero-order valence-corrected chi connectivity index (χ0v) is 12.9. The molecule has 0 saturated heterocycles. The van der Waals surface area contributed by atoms with Gasteiger partial charge in [0.15, 0.2) is 0 Å². The Balaban J connectivity index is 2.22. The molecular formula is C15H27N3O2. The highest BCUT2D eigenvalue weighted by Gasteiger charge is 2.43. The molecule has 0 bridgehead atoms. The molecule has 5 nitrogen and oxygen atoms in total. The van der Waals surface area contributed by atoms with Crippen molar-refractivity contribution in [2.75, 3.05) is 6.61 Å². The smallest absolute Gasteiger partial charge is 0.126 e. The fourth-order valence-corrected chi connectivity index (χ4v) is 3.17. The van der Waals surface area contributed by atoms with Gasteiger partial charge in [0, 0.05) is 13.2 Å². The molecule has 1 aromatic heterocycles. The molecule has 0 aromatic carbocycles. The van der Waals surface area contributed by atoms with Crippen LogP contribution in [0.15, 0.2) is 6.20 Å². The van der Waals surface area contributed by atoms with Crippen LogP contribution in [-0.2, 0) is 11.3 Å². The van der Waals surface area contributed by atoms with Crippen molar-refractivity contribution in [2.24, 2.45) is 5.92 Å². The normalized spacial score (nSPS) is 28.5. The monoisotopic (exact) mass is 281 g/mol. The summed E-state index contributed by atoms with van der Waals surface area (Å²) in [5.74, 6) is 0.717. The van der Waals surface area contributed by atoms with Crippen LogP contribution in [0.2, 0.25) is 0 Å². The predicted molar refractivity (Wildman–Crippen MR) is 77.3 cm³/mol. The first-order chi connectivity index (χ1) is 9.63. The van der Waals surface area contributed by atoms with Gasteiger partial charge in [0.2, 0.25) is 0 Å². The third-order valence-corrected chi connectivity index (χ3v) is 4.41. The lowest BCUT2D eigenvalue weighted by Crippen LogP contribution is -2.43. The average Bonchev–Trinajstić information content (AvgIpc) is 2.90. The third-order valence-electron chi connectivity index (χ3n) is 4.41. The van der Waals surface area contributed by atoms with Crippen molar-refractivity contribution in [1.82, 2.24) is 15.0 Å². The molecule has 1 saturated carbocycles. The van der Waals surface area contributed by atoms with Crippen LogP contribution in [0.1, 0.15) is 64.7 Å². The van der Waals surface area contributed by atoms with Crippen LogP contribution in [0, 0.1) is 5.92 Å². The molecule has 1 aromatic rings. The van der Waals surface area contributed by atoms with Crippen molar-refractivity contribution in [3.63, 3.8) is 0 Å². The van der Waals surface area contributed by atoms with Crippen LogP contribution in [0.25, 0.3) is 0 Å². The minimum atomic E-state index is -0.642. The Morgan fingerprint density at radius 2 is 2.15 bits per heavy atom. The van der Waals surface area contributed by atoms with E-state index >= 15 is 0 Å². The summed E-state index contributed by atoms with van der Waals surface area (Å²) in [6.45, 7) is 7.77. The lowest BCUT2D eigenvalue weighted by atomic mass is 9.75. The largest absolute Gasteiger partial charge is 0.384 e. The fraction of sp³-hybridized carbons (Fsp3) is 0.867. The van der Waals surface area contributed by atoms with Gasteiger partial charge in [-0.3, -0.25) is 0 Å². The molecule has 20 heavy (non-hydrogen) atoms. The Morgan fingerprint density at radius 3 is 2.75 bits per heavy atom. The molecule has 0 aliphatic heterocycles. The van der Waals surface area contributed by atoms with Crippen molar-refractivity contribution >= 4 is 0 Å². The first-order valence-corrected chi connectivity index (χ1v) is 7.83. The first-order valence-electron chi connectivity index (χ1n) is 7.83. The minimum absolute atomic E-state index is 0.464. The number of rotatable bonds is 6. The van der Waals surface area contributed by atoms with Crippen LogP contribution >= 0.6 is 0 Å². The van der Waals surface area contributed by atoms with Gasteiger partial charge in [-0.1, -0.05) is 19.1 Å². The molecule has 1 fully saturated rings. The van der Waals surface area contributed by atoms with Gasteiger partial charge in [0.1, 0.15) is 6.10 Å². The van der Waals surface area contributed by atoms with E-state index in [0.29, 0.717) is 6.61 Å². The number of aryl methyl sites for hydroxylation is 1. The number of hydrogen-bond acceptors (Lipinski definition) is 4. The van der Waals surface area contributed by atoms with E-state index in [-0.39, 0.29) is 0 Å². The Morgan fingerprint density at radius 1 is 1.45 bits per heavy atom. The minimum Gasteiger partial charge on any atom is -0.384 e. The van der Waals surface area contributed by atoms with E-state index in [1.165, 1.54) is 0 Å². The Bertz CT molecular complexity index is 411. The second-order valence-corrected chi connectivity index (χ2v) is 5.96. The molecule has 2 rings (SSSR count). The van der Waals surface area contributed by atoms with Gasteiger partial charge in [-0.05, 0) is 44.9 Å². The van der Waals surface area contributed by atoms with E-state index in [0.717, 1.165) is 50.3 Å². The highest BCUT2D eigenvalue weighted by atomic mass is 16.5. The number of aliphatic hydroxyl groups excluding tert-OH is 1. The zero-order valence-electron chi connectivity index (χ0n) is 12.9. The molecule has 1 aliphatic rings. The van der Waals surface area contributed by atoms with E-state index < -0.39 is 11.7 Å². The first kappa shape index (κ1) is 15.4. The number of aromatic nitrogens is 3. The molecule has 1 atom stereocenters. The molecule has 1 aliphatic carbocycles. The summed E-state index contributed by atoms with van der Waals surface area (Å²) >= 11 is 0. The molecule has 5 heteroatoms. The maximum Gasteiger partial charge on any atom is 0.126 e. The Hall–Kier alpha value is -0.940. The van der Waals surface area contributed by atoms with Crippen LogP contribution in [0.3, 0.4) is 0 Å². The molecule has 1 heterocycles. The summed E-state index contributed by atoms with van der Waals surface area (Å²) in [4.78, 5) is 0. The van der Waals surface area contributed by atoms with Gasteiger partial charge in [0.25, 0.3) is 0 Å². The van der Waals surface area contributed by atoms with Gasteiger partial charge in [-0.15, -0.1) is 5.10 Å². The second-order valence-electron chi connectivity index (χ2n) is 5.96. The quantitative estimate of drug-likeness (QED) is 0.871. The van der Waals surface area contributed by atoms with E-state index in [1.807, 2.05) is 11.6 Å².